The van der Waals surface area contributed by atoms with Crippen molar-refractivity contribution in [3.8, 4) is 0 Å². The number of nitrogens with zero attached hydrogens (tertiary/aromatic N) is 2. The third kappa shape index (κ3) is 3.17. The Morgan fingerprint density at radius 3 is 3.06 bits per heavy atom. The van der Waals surface area contributed by atoms with Gasteiger partial charge in [-0.05, 0) is 40.1 Å². The molecule has 0 fully saturated rings. The van der Waals surface area contributed by atoms with E-state index in [0.717, 1.165) is 13.0 Å². The number of hydrogen-bond acceptors (Lipinski definition) is 3. The number of ether oxygens (including phenoxy) is 1. The second kappa shape index (κ2) is 6.11. The van der Waals surface area contributed by atoms with Crippen molar-refractivity contribution in [3.05, 3.63) is 40.1 Å². The molecule has 5 heteroatoms. The van der Waals surface area contributed by atoms with E-state index in [0.29, 0.717) is 23.3 Å². The Labute approximate surface area is 115 Å². The summed E-state index contributed by atoms with van der Waals surface area (Å²) in [6, 6.07) is 3.48. The molecule has 0 saturated carbocycles. The van der Waals surface area contributed by atoms with Crippen LogP contribution >= 0.6 is 15.9 Å². The van der Waals surface area contributed by atoms with Gasteiger partial charge in [-0.25, -0.2) is 4.98 Å². The zero-order chi connectivity index (χ0) is 13.0. The highest BCUT2D eigenvalue weighted by molar-refractivity contribution is 9.10. The number of amides is 1. The van der Waals surface area contributed by atoms with E-state index in [4.69, 9.17) is 4.74 Å². The normalized spacial score (nSPS) is 15.4. The number of hydrogen-bond donors (Lipinski definition) is 0. The van der Waals surface area contributed by atoms with Gasteiger partial charge in [0.1, 0.15) is 4.60 Å². The van der Waals surface area contributed by atoms with E-state index in [9.17, 15) is 4.79 Å². The number of rotatable bonds is 3. The van der Waals surface area contributed by atoms with Crippen LogP contribution in [0.25, 0.3) is 0 Å². The number of halogens is 1. The molecule has 0 N–H and O–H groups in total. The van der Waals surface area contributed by atoms with Crippen molar-refractivity contribution in [2.24, 2.45) is 0 Å². The fourth-order valence-corrected chi connectivity index (χ4v) is 2.30. The highest BCUT2D eigenvalue weighted by Gasteiger charge is 2.18. The van der Waals surface area contributed by atoms with Gasteiger partial charge < -0.3 is 9.64 Å². The molecule has 0 saturated heterocycles. The number of carbonyl (C=O) groups is 1. The third-order valence-electron chi connectivity index (χ3n) is 2.89. The molecule has 0 radical (unpaired) electrons. The first-order valence-corrected chi connectivity index (χ1v) is 6.57. The molecule has 1 aliphatic rings. The number of aromatic nitrogens is 1. The fourth-order valence-electron chi connectivity index (χ4n) is 1.93. The molecule has 1 amide bonds. The number of carbonyl (C=O) groups excluding carboxylic acids is 1. The highest BCUT2D eigenvalue weighted by Crippen LogP contribution is 2.15. The van der Waals surface area contributed by atoms with E-state index in [1.807, 2.05) is 4.90 Å². The maximum Gasteiger partial charge on any atom is 0.254 e. The minimum Gasteiger partial charge on any atom is -0.380 e. The van der Waals surface area contributed by atoms with Crippen molar-refractivity contribution in [2.45, 2.75) is 6.42 Å². The monoisotopic (exact) mass is 310 g/mol. The van der Waals surface area contributed by atoms with Gasteiger partial charge in [0.15, 0.2) is 0 Å². The summed E-state index contributed by atoms with van der Waals surface area (Å²) in [5.74, 6) is 0.0471. The maximum atomic E-state index is 12.2. The molecule has 1 aromatic rings. The Hall–Kier alpha value is -1.20. The van der Waals surface area contributed by atoms with Crippen molar-refractivity contribution in [1.82, 2.24) is 9.88 Å². The lowest BCUT2D eigenvalue weighted by atomic mass is 10.1. The lowest BCUT2D eigenvalue weighted by Gasteiger charge is -2.26. The molecule has 2 heterocycles. The van der Waals surface area contributed by atoms with Crippen LogP contribution in [0, 0.1) is 0 Å². The quantitative estimate of drug-likeness (QED) is 0.635. The fraction of sp³-hybridized carbons (Fsp3) is 0.385. The predicted molar refractivity (Wildman–Crippen MR) is 72.4 cm³/mol. The van der Waals surface area contributed by atoms with Gasteiger partial charge in [0.05, 0.1) is 6.61 Å². The van der Waals surface area contributed by atoms with Gasteiger partial charge in [0.25, 0.3) is 5.91 Å². The van der Waals surface area contributed by atoms with E-state index in [2.05, 4.69) is 27.0 Å². The molecule has 0 unspecified atom stereocenters. The van der Waals surface area contributed by atoms with Crippen LogP contribution < -0.4 is 0 Å². The Morgan fingerprint density at radius 2 is 2.44 bits per heavy atom. The van der Waals surface area contributed by atoms with Gasteiger partial charge >= 0.3 is 0 Å². The average Bonchev–Trinajstić information content (AvgIpc) is 2.39. The van der Waals surface area contributed by atoms with Crippen LogP contribution in [-0.2, 0) is 4.74 Å². The summed E-state index contributed by atoms with van der Waals surface area (Å²) in [4.78, 5) is 18.1. The number of methoxy groups -OCH3 is 1. The van der Waals surface area contributed by atoms with E-state index < -0.39 is 0 Å². The molecule has 0 aliphatic carbocycles. The zero-order valence-corrected chi connectivity index (χ0v) is 11.8. The van der Waals surface area contributed by atoms with Gasteiger partial charge in [-0.3, -0.25) is 4.79 Å². The average molecular weight is 311 g/mol. The topological polar surface area (TPSA) is 42.4 Å². The Bertz CT molecular complexity index is 474. The second-order valence-electron chi connectivity index (χ2n) is 4.16. The SMILES string of the molecule is COCC1=CCN(C(=O)c2ccnc(Br)c2)CC1. The van der Waals surface area contributed by atoms with Crippen molar-refractivity contribution >= 4 is 21.8 Å². The molecule has 96 valence electrons. The summed E-state index contributed by atoms with van der Waals surface area (Å²) in [6.45, 7) is 2.05. The summed E-state index contributed by atoms with van der Waals surface area (Å²) < 4.78 is 5.77. The van der Waals surface area contributed by atoms with Gasteiger partial charge in [-0.2, -0.15) is 0 Å². The maximum absolute atomic E-state index is 12.2. The first kappa shape index (κ1) is 13.2. The Morgan fingerprint density at radius 1 is 1.61 bits per heavy atom. The van der Waals surface area contributed by atoms with Crippen LogP contribution in [0.4, 0.5) is 0 Å². The summed E-state index contributed by atoms with van der Waals surface area (Å²) in [7, 11) is 1.69. The zero-order valence-electron chi connectivity index (χ0n) is 10.2. The van der Waals surface area contributed by atoms with E-state index >= 15 is 0 Å². The lowest BCUT2D eigenvalue weighted by Crippen LogP contribution is -2.35. The highest BCUT2D eigenvalue weighted by atomic mass is 79.9. The van der Waals surface area contributed by atoms with Crippen LogP contribution in [-0.4, -0.2) is 42.6 Å². The van der Waals surface area contributed by atoms with E-state index in [1.54, 1.807) is 25.4 Å². The largest absolute Gasteiger partial charge is 0.380 e. The van der Waals surface area contributed by atoms with Crippen LogP contribution in [0.15, 0.2) is 34.6 Å². The van der Waals surface area contributed by atoms with Crippen LogP contribution in [0.3, 0.4) is 0 Å². The molecule has 18 heavy (non-hydrogen) atoms. The van der Waals surface area contributed by atoms with Crippen molar-refractivity contribution in [3.63, 3.8) is 0 Å². The Balaban J connectivity index is 2.04. The van der Waals surface area contributed by atoms with Gasteiger partial charge in [-0.1, -0.05) is 6.08 Å². The molecule has 0 spiro atoms. The van der Waals surface area contributed by atoms with Gasteiger partial charge in [0.2, 0.25) is 0 Å². The summed E-state index contributed by atoms with van der Waals surface area (Å²) in [5, 5.41) is 0. The van der Waals surface area contributed by atoms with Crippen molar-refractivity contribution in [1.29, 1.82) is 0 Å². The minimum atomic E-state index is 0.0471. The lowest BCUT2D eigenvalue weighted by molar-refractivity contribution is 0.0764. The first-order chi connectivity index (χ1) is 8.70. The second-order valence-corrected chi connectivity index (χ2v) is 4.98. The smallest absolute Gasteiger partial charge is 0.254 e. The minimum absolute atomic E-state index is 0.0471. The molecule has 0 atom stereocenters. The molecule has 0 aromatic carbocycles. The van der Waals surface area contributed by atoms with Gasteiger partial charge in [-0.15, -0.1) is 0 Å². The molecule has 4 nitrogen and oxygen atoms in total. The number of pyridine rings is 1. The van der Waals surface area contributed by atoms with E-state index in [-0.39, 0.29) is 5.91 Å². The summed E-state index contributed by atoms with van der Waals surface area (Å²) in [5.41, 5.74) is 1.93. The standard InChI is InChI=1S/C13H15BrN2O2/c1-18-9-10-3-6-16(7-4-10)13(17)11-2-5-15-12(14)8-11/h2-3,5,8H,4,6-7,9H2,1H3. The summed E-state index contributed by atoms with van der Waals surface area (Å²) in [6.07, 6.45) is 4.58. The van der Waals surface area contributed by atoms with Crippen molar-refractivity contribution < 1.29 is 9.53 Å². The molecular weight excluding hydrogens is 296 g/mol. The van der Waals surface area contributed by atoms with Crippen LogP contribution in [0.5, 0.6) is 0 Å². The van der Waals surface area contributed by atoms with Crippen molar-refractivity contribution in [2.75, 3.05) is 26.8 Å². The Kier molecular flexibility index (Phi) is 4.49. The molecule has 0 bridgehead atoms. The molecule has 1 aliphatic heterocycles. The predicted octanol–water partition coefficient (Wildman–Crippen LogP) is 2.26. The molecule has 1 aromatic heterocycles. The summed E-state index contributed by atoms with van der Waals surface area (Å²) >= 11 is 3.27. The molecule has 2 rings (SSSR count). The van der Waals surface area contributed by atoms with E-state index in [1.165, 1.54) is 5.57 Å². The van der Waals surface area contributed by atoms with Crippen LogP contribution in [0.2, 0.25) is 0 Å². The van der Waals surface area contributed by atoms with Crippen LogP contribution in [0.1, 0.15) is 16.8 Å². The first-order valence-electron chi connectivity index (χ1n) is 5.78. The van der Waals surface area contributed by atoms with Gasteiger partial charge in [0, 0.05) is 32.0 Å². The third-order valence-corrected chi connectivity index (χ3v) is 3.33. The molecular formula is C13H15BrN2O2.